The molecule has 0 aliphatic heterocycles. The molecule has 0 saturated carbocycles. The van der Waals surface area contributed by atoms with Crippen LogP contribution in [-0.4, -0.2) is 0 Å². The highest BCUT2D eigenvalue weighted by atomic mass is 32.1. The summed E-state index contributed by atoms with van der Waals surface area (Å²) in [5.41, 5.74) is 21.2. The van der Waals surface area contributed by atoms with Crippen LogP contribution in [0.3, 0.4) is 0 Å². The molecule has 340 valence electrons. The SMILES string of the molecule is c1ccc(-c2ccc(CCC(c3ccc(-c4ccc5sc6ccccc6c5c4)cc3)c3cccc4c3-c3ccccc3C43c4ccccc4C(c4ccccc4)(c4ccccc4)c4ccccc43)cc2)cc1. The molecule has 0 amide bonds. The van der Waals surface area contributed by atoms with Gasteiger partial charge in [0.05, 0.1) is 10.8 Å². The topological polar surface area (TPSA) is 0 Å². The molecular formula is C71H50S. The average Bonchev–Trinajstić information content (AvgIpc) is 3.99. The van der Waals surface area contributed by atoms with Crippen molar-refractivity contribution in [3.63, 3.8) is 0 Å². The van der Waals surface area contributed by atoms with Gasteiger partial charge >= 0.3 is 0 Å². The molecule has 2 aliphatic rings. The van der Waals surface area contributed by atoms with Gasteiger partial charge in [-0.15, -0.1) is 11.3 Å². The molecule has 12 aromatic rings. The zero-order chi connectivity index (χ0) is 47.6. The second-order valence-corrected chi connectivity index (χ2v) is 20.8. The van der Waals surface area contributed by atoms with Crippen molar-refractivity contribution in [2.75, 3.05) is 0 Å². The predicted octanol–water partition coefficient (Wildman–Crippen LogP) is 18.2. The summed E-state index contributed by atoms with van der Waals surface area (Å²) in [6.45, 7) is 0. The third-order valence-electron chi connectivity index (χ3n) is 16.2. The number of aryl methyl sites for hydroxylation is 1. The number of fused-ring (bicyclic) bond motifs is 12. The average molecular weight is 935 g/mol. The fourth-order valence-corrected chi connectivity index (χ4v) is 14.2. The lowest BCUT2D eigenvalue weighted by molar-refractivity contribution is 0.623. The number of thiophene rings is 1. The Morgan fingerprint density at radius 3 is 1.49 bits per heavy atom. The van der Waals surface area contributed by atoms with E-state index in [1.165, 1.54) is 115 Å². The van der Waals surface area contributed by atoms with E-state index in [1.54, 1.807) is 0 Å². The van der Waals surface area contributed by atoms with Crippen molar-refractivity contribution in [1.82, 2.24) is 0 Å². The molecule has 0 N–H and O–H groups in total. The van der Waals surface area contributed by atoms with Gasteiger partial charge in [-0.2, -0.15) is 0 Å². The maximum atomic E-state index is 2.46. The molecule has 1 atom stereocenters. The highest BCUT2D eigenvalue weighted by Crippen LogP contribution is 2.65. The van der Waals surface area contributed by atoms with Gasteiger partial charge in [-0.05, 0) is 126 Å². The van der Waals surface area contributed by atoms with Crippen LogP contribution in [0.15, 0.2) is 273 Å². The Kier molecular flexibility index (Phi) is 10.2. The van der Waals surface area contributed by atoms with Crippen LogP contribution in [0.4, 0.5) is 0 Å². The van der Waals surface area contributed by atoms with Crippen LogP contribution < -0.4 is 0 Å². The molecule has 1 heteroatoms. The van der Waals surface area contributed by atoms with Gasteiger partial charge in [0.25, 0.3) is 0 Å². The Balaban J connectivity index is 0.958. The summed E-state index contributed by atoms with van der Waals surface area (Å²) in [6.07, 6.45) is 1.91. The minimum absolute atomic E-state index is 0.121. The number of hydrogen-bond acceptors (Lipinski definition) is 1. The van der Waals surface area contributed by atoms with Crippen LogP contribution in [-0.2, 0) is 17.3 Å². The number of hydrogen-bond donors (Lipinski definition) is 0. The summed E-state index contributed by atoms with van der Waals surface area (Å²) < 4.78 is 2.67. The lowest BCUT2D eigenvalue weighted by atomic mass is 9.51. The van der Waals surface area contributed by atoms with E-state index < -0.39 is 10.8 Å². The monoisotopic (exact) mass is 934 g/mol. The normalized spacial score (nSPS) is 14.1. The second kappa shape index (κ2) is 17.2. The van der Waals surface area contributed by atoms with Crippen molar-refractivity contribution in [3.8, 4) is 33.4 Å². The Hall–Kier alpha value is -8.36. The van der Waals surface area contributed by atoms with Crippen LogP contribution in [0, 0.1) is 0 Å². The van der Waals surface area contributed by atoms with E-state index in [9.17, 15) is 0 Å². The second-order valence-electron chi connectivity index (χ2n) is 19.7. The first-order valence-corrected chi connectivity index (χ1v) is 26.2. The Bertz CT molecular complexity index is 3870. The van der Waals surface area contributed by atoms with Crippen LogP contribution >= 0.6 is 11.3 Å². The van der Waals surface area contributed by atoms with Gasteiger partial charge in [-0.3, -0.25) is 0 Å². The summed E-state index contributed by atoms with van der Waals surface area (Å²) >= 11 is 1.88. The molecule has 0 fully saturated rings. The molecule has 0 bridgehead atoms. The van der Waals surface area contributed by atoms with Crippen molar-refractivity contribution >= 4 is 31.5 Å². The van der Waals surface area contributed by atoms with Crippen molar-refractivity contribution in [1.29, 1.82) is 0 Å². The molecule has 1 spiro atoms. The quantitative estimate of drug-likeness (QED) is 0.135. The first kappa shape index (κ1) is 42.5. The summed E-state index contributed by atoms with van der Waals surface area (Å²) in [5, 5.41) is 2.66. The fourth-order valence-electron chi connectivity index (χ4n) is 13.1. The summed E-state index contributed by atoms with van der Waals surface area (Å²) in [6, 6.07) is 103. The van der Waals surface area contributed by atoms with Gasteiger partial charge < -0.3 is 0 Å². The van der Waals surface area contributed by atoms with Crippen molar-refractivity contribution < 1.29 is 0 Å². The third kappa shape index (κ3) is 6.44. The van der Waals surface area contributed by atoms with Crippen molar-refractivity contribution in [2.45, 2.75) is 29.6 Å². The van der Waals surface area contributed by atoms with E-state index in [-0.39, 0.29) is 5.92 Å². The first-order valence-electron chi connectivity index (χ1n) is 25.4. The lowest BCUT2D eigenvalue weighted by Gasteiger charge is -2.50. The van der Waals surface area contributed by atoms with E-state index in [1.807, 2.05) is 11.3 Å². The minimum atomic E-state index is -0.561. The third-order valence-corrected chi connectivity index (χ3v) is 17.3. The van der Waals surface area contributed by atoms with Gasteiger partial charge in [0.1, 0.15) is 0 Å². The van der Waals surface area contributed by atoms with Gasteiger partial charge in [0, 0.05) is 26.1 Å². The highest BCUT2D eigenvalue weighted by molar-refractivity contribution is 7.25. The zero-order valence-corrected chi connectivity index (χ0v) is 40.7. The number of benzene rings is 11. The fraction of sp³-hybridized carbons (Fsp3) is 0.0704. The zero-order valence-electron chi connectivity index (χ0n) is 39.9. The molecule has 72 heavy (non-hydrogen) atoms. The molecule has 1 unspecified atom stereocenters. The minimum Gasteiger partial charge on any atom is -0.135 e. The molecule has 0 saturated heterocycles. The van der Waals surface area contributed by atoms with Gasteiger partial charge in [-0.1, -0.05) is 255 Å². The Morgan fingerprint density at radius 1 is 0.333 bits per heavy atom. The molecule has 14 rings (SSSR count). The van der Waals surface area contributed by atoms with Gasteiger partial charge in [0.15, 0.2) is 0 Å². The molecule has 0 nitrogen and oxygen atoms in total. The summed E-state index contributed by atoms with van der Waals surface area (Å²) in [4.78, 5) is 0. The van der Waals surface area contributed by atoms with Crippen molar-refractivity contribution in [3.05, 3.63) is 334 Å². The van der Waals surface area contributed by atoms with Gasteiger partial charge in [0.2, 0.25) is 0 Å². The predicted molar refractivity (Wildman–Crippen MR) is 302 cm³/mol. The number of rotatable bonds is 9. The summed E-state index contributed by atoms with van der Waals surface area (Å²) in [5.74, 6) is 0.121. The molecule has 0 radical (unpaired) electrons. The summed E-state index contributed by atoms with van der Waals surface area (Å²) in [7, 11) is 0. The molecule has 1 heterocycles. The van der Waals surface area contributed by atoms with Crippen LogP contribution in [0.2, 0.25) is 0 Å². The van der Waals surface area contributed by atoms with Crippen molar-refractivity contribution in [2.24, 2.45) is 0 Å². The standard InChI is InChI=1S/C71H50S/c1-4-19-49(20-5-1)50-38-35-48(36-39-50)37-45-56(52-42-40-51(41-43-52)53-44-46-68-60(47-53)57-25-11-17-34-67(57)72-68)58-27-18-33-66-69(58)59-26-10-12-28-61(59)71(66)64-31-15-13-29-62(64)70(54-21-6-2-7-22-54,55-23-8-3-9-24-55)63-30-14-16-32-65(63)71/h1-36,38-44,46-47,56H,37,45H2. The Morgan fingerprint density at radius 2 is 0.819 bits per heavy atom. The molecular weight excluding hydrogens is 885 g/mol. The Labute approximate surface area is 426 Å². The van der Waals surface area contributed by atoms with Crippen LogP contribution in [0.25, 0.3) is 53.6 Å². The van der Waals surface area contributed by atoms with Gasteiger partial charge in [-0.25, -0.2) is 0 Å². The van der Waals surface area contributed by atoms with E-state index in [2.05, 4.69) is 273 Å². The highest BCUT2D eigenvalue weighted by Gasteiger charge is 2.57. The van der Waals surface area contributed by atoms with E-state index in [4.69, 9.17) is 0 Å². The van der Waals surface area contributed by atoms with Crippen LogP contribution in [0.1, 0.15) is 73.5 Å². The van der Waals surface area contributed by atoms with E-state index >= 15 is 0 Å². The maximum Gasteiger partial charge on any atom is 0.0720 e. The van der Waals surface area contributed by atoms with E-state index in [0.717, 1.165) is 12.8 Å². The largest absolute Gasteiger partial charge is 0.135 e. The maximum absolute atomic E-state index is 2.46. The smallest absolute Gasteiger partial charge is 0.0720 e. The molecule has 11 aromatic carbocycles. The lowest BCUT2D eigenvalue weighted by Crippen LogP contribution is -2.44. The molecule has 2 aliphatic carbocycles. The van der Waals surface area contributed by atoms with E-state index in [0.29, 0.717) is 0 Å². The van der Waals surface area contributed by atoms with Crippen LogP contribution in [0.5, 0.6) is 0 Å². The first-order chi connectivity index (χ1) is 35.7. The molecule has 1 aromatic heterocycles.